The number of aliphatic hydroxyl groups excluding tert-OH is 1. The molecule has 1 aliphatic carbocycles. The summed E-state index contributed by atoms with van der Waals surface area (Å²) in [5.41, 5.74) is 1.72. The summed E-state index contributed by atoms with van der Waals surface area (Å²) in [5.74, 6) is 0.0862. The number of halogens is 1. The Morgan fingerprint density at radius 3 is 2.88 bits per heavy atom. The molecule has 1 heterocycles. The number of morpholine rings is 1. The highest BCUT2D eigenvalue weighted by molar-refractivity contribution is 6.32. The number of allylic oxidation sites excluding steroid dienone is 1. The number of amides is 1. The van der Waals surface area contributed by atoms with Crippen LogP contribution in [0.3, 0.4) is 0 Å². The van der Waals surface area contributed by atoms with Gasteiger partial charge < -0.3 is 14.7 Å². The van der Waals surface area contributed by atoms with Crippen LogP contribution in [-0.4, -0.2) is 47.8 Å². The average molecular weight is 350 g/mol. The zero-order valence-electron chi connectivity index (χ0n) is 14.0. The number of carbonyl (C=O) groups excluding carboxylic acids is 1. The largest absolute Gasteiger partial charge is 0.393 e. The molecule has 1 N–H and O–H groups in total. The minimum Gasteiger partial charge on any atom is -0.393 e. The Morgan fingerprint density at radius 2 is 2.17 bits per heavy atom. The third-order valence-corrected chi connectivity index (χ3v) is 5.44. The molecule has 1 saturated heterocycles. The van der Waals surface area contributed by atoms with E-state index in [2.05, 4.69) is 0 Å². The maximum atomic E-state index is 12.8. The molecule has 0 bridgehead atoms. The molecule has 1 aromatic carbocycles. The second kappa shape index (κ2) is 7.68. The normalized spacial score (nSPS) is 28.2. The monoisotopic (exact) mass is 349 g/mol. The van der Waals surface area contributed by atoms with Gasteiger partial charge in [-0.15, -0.1) is 0 Å². The first-order valence-electron chi connectivity index (χ1n) is 8.57. The SMILES string of the molecule is C/C(=C\C(=O)N1CCOCC1C1CCCC1O)c1ccccc1Cl. The van der Waals surface area contributed by atoms with E-state index in [1.54, 1.807) is 6.08 Å². The summed E-state index contributed by atoms with van der Waals surface area (Å²) in [6, 6.07) is 7.49. The molecule has 0 aromatic heterocycles. The van der Waals surface area contributed by atoms with E-state index in [1.807, 2.05) is 36.1 Å². The van der Waals surface area contributed by atoms with Crippen molar-refractivity contribution in [2.45, 2.75) is 38.3 Å². The lowest BCUT2D eigenvalue weighted by Gasteiger charge is -2.39. The van der Waals surface area contributed by atoms with E-state index in [9.17, 15) is 9.90 Å². The van der Waals surface area contributed by atoms with Crippen LogP contribution in [-0.2, 0) is 9.53 Å². The second-order valence-corrected chi connectivity index (χ2v) is 7.05. The third kappa shape index (κ3) is 3.66. The Morgan fingerprint density at radius 1 is 1.38 bits per heavy atom. The highest BCUT2D eigenvalue weighted by Gasteiger charge is 2.39. The van der Waals surface area contributed by atoms with Crippen molar-refractivity contribution in [1.82, 2.24) is 4.90 Å². The van der Waals surface area contributed by atoms with Gasteiger partial charge in [-0.2, -0.15) is 0 Å². The van der Waals surface area contributed by atoms with Crippen molar-refractivity contribution in [3.63, 3.8) is 0 Å². The standard InChI is InChI=1S/C19H24ClNO3/c1-13(14-5-2-3-7-16(14)20)11-19(23)21-9-10-24-12-17(21)15-6-4-8-18(15)22/h2-3,5,7,11,15,17-18,22H,4,6,8-10,12H2,1H3/b13-11+. The Kier molecular flexibility index (Phi) is 5.59. The second-order valence-electron chi connectivity index (χ2n) is 6.64. The van der Waals surface area contributed by atoms with Crippen molar-refractivity contribution in [2.75, 3.05) is 19.8 Å². The van der Waals surface area contributed by atoms with Crippen molar-refractivity contribution >= 4 is 23.1 Å². The maximum Gasteiger partial charge on any atom is 0.247 e. The predicted molar refractivity (Wildman–Crippen MR) is 94.8 cm³/mol. The summed E-state index contributed by atoms with van der Waals surface area (Å²) in [5, 5.41) is 10.9. The fraction of sp³-hybridized carbons (Fsp3) is 0.526. The third-order valence-electron chi connectivity index (χ3n) is 5.11. The Balaban J connectivity index is 1.79. The summed E-state index contributed by atoms with van der Waals surface area (Å²) in [4.78, 5) is 14.7. The molecule has 3 atom stereocenters. The molecule has 0 spiro atoms. The summed E-state index contributed by atoms with van der Waals surface area (Å²) in [6.45, 7) is 3.52. The van der Waals surface area contributed by atoms with Gasteiger partial charge in [-0.1, -0.05) is 36.2 Å². The summed E-state index contributed by atoms with van der Waals surface area (Å²) in [7, 11) is 0. The van der Waals surface area contributed by atoms with Crippen LogP contribution in [0, 0.1) is 5.92 Å². The number of carbonyl (C=O) groups is 1. The number of ether oxygens (including phenoxy) is 1. The zero-order chi connectivity index (χ0) is 17.1. The van der Waals surface area contributed by atoms with E-state index in [0.717, 1.165) is 30.4 Å². The molecule has 1 saturated carbocycles. The van der Waals surface area contributed by atoms with Gasteiger partial charge in [-0.3, -0.25) is 4.79 Å². The fourth-order valence-electron chi connectivity index (χ4n) is 3.80. The first-order chi connectivity index (χ1) is 11.6. The zero-order valence-corrected chi connectivity index (χ0v) is 14.7. The lowest BCUT2D eigenvalue weighted by molar-refractivity contribution is -0.138. The molecule has 5 heteroatoms. The Labute approximate surface area is 148 Å². The highest BCUT2D eigenvalue weighted by atomic mass is 35.5. The van der Waals surface area contributed by atoms with Crippen LogP contribution in [0.15, 0.2) is 30.3 Å². The van der Waals surface area contributed by atoms with Crippen LogP contribution in [0.5, 0.6) is 0 Å². The van der Waals surface area contributed by atoms with Gasteiger partial charge in [-0.05, 0) is 37.0 Å². The molecule has 2 fully saturated rings. The van der Waals surface area contributed by atoms with Crippen molar-refractivity contribution in [3.8, 4) is 0 Å². The number of hydrogen-bond donors (Lipinski definition) is 1. The van der Waals surface area contributed by atoms with E-state index >= 15 is 0 Å². The number of rotatable bonds is 3. The minimum absolute atomic E-state index is 0.0279. The molecule has 3 rings (SSSR count). The fourth-order valence-corrected chi connectivity index (χ4v) is 4.08. The molecule has 0 radical (unpaired) electrons. The lowest BCUT2D eigenvalue weighted by Crippen LogP contribution is -2.53. The van der Waals surface area contributed by atoms with Gasteiger partial charge in [0.2, 0.25) is 5.91 Å². The van der Waals surface area contributed by atoms with E-state index in [1.165, 1.54) is 0 Å². The van der Waals surface area contributed by atoms with Crippen LogP contribution < -0.4 is 0 Å². The topological polar surface area (TPSA) is 49.8 Å². The van der Waals surface area contributed by atoms with Gasteiger partial charge in [0.25, 0.3) is 0 Å². The van der Waals surface area contributed by atoms with E-state index in [0.29, 0.717) is 24.8 Å². The number of aliphatic hydroxyl groups is 1. The molecule has 4 nitrogen and oxygen atoms in total. The predicted octanol–water partition coefficient (Wildman–Crippen LogP) is 3.13. The van der Waals surface area contributed by atoms with E-state index in [4.69, 9.17) is 16.3 Å². The summed E-state index contributed by atoms with van der Waals surface area (Å²) >= 11 is 6.22. The number of benzene rings is 1. The number of hydrogen-bond acceptors (Lipinski definition) is 3. The van der Waals surface area contributed by atoms with Crippen molar-refractivity contribution in [3.05, 3.63) is 40.9 Å². The van der Waals surface area contributed by atoms with Crippen molar-refractivity contribution < 1.29 is 14.6 Å². The average Bonchev–Trinajstić information content (AvgIpc) is 3.01. The van der Waals surface area contributed by atoms with Gasteiger partial charge in [0.15, 0.2) is 0 Å². The van der Waals surface area contributed by atoms with Crippen LogP contribution >= 0.6 is 11.6 Å². The molecule has 1 aromatic rings. The smallest absolute Gasteiger partial charge is 0.247 e. The van der Waals surface area contributed by atoms with Crippen LogP contribution in [0.25, 0.3) is 5.57 Å². The molecule has 1 amide bonds. The summed E-state index contributed by atoms with van der Waals surface area (Å²) in [6.07, 6.45) is 4.10. The molecular formula is C19H24ClNO3. The van der Waals surface area contributed by atoms with Gasteiger partial charge in [0.05, 0.1) is 25.4 Å². The summed E-state index contributed by atoms with van der Waals surface area (Å²) < 4.78 is 5.59. The van der Waals surface area contributed by atoms with Crippen molar-refractivity contribution in [2.24, 2.45) is 5.92 Å². The highest BCUT2D eigenvalue weighted by Crippen LogP contribution is 2.32. The number of nitrogens with zero attached hydrogens (tertiary/aromatic N) is 1. The first-order valence-corrected chi connectivity index (χ1v) is 8.95. The molecule has 2 aliphatic rings. The van der Waals surface area contributed by atoms with Crippen molar-refractivity contribution in [1.29, 1.82) is 0 Å². The molecule has 130 valence electrons. The molecule has 1 aliphatic heterocycles. The Hall–Kier alpha value is -1.36. The Bertz CT molecular complexity index is 631. The van der Waals surface area contributed by atoms with Crippen LogP contribution in [0.4, 0.5) is 0 Å². The van der Waals surface area contributed by atoms with Crippen LogP contribution in [0.2, 0.25) is 5.02 Å². The van der Waals surface area contributed by atoms with Gasteiger partial charge in [-0.25, -0.2) is 0 Å². The quantitative estimate of drug-likeness (QED) is 0.853. The minimum atomic E-state index is -0.333. The maximum absolute atomic E-state index is 12.8. The molecular weight excluding hydrogens is 326 g/mol. The molecule has 24 heavy (non-hydrogen) atoms. The first kappa shape index (κ1) is 17.5. The van der Waals surface area contributed by atoms with Gasteiger partial charge in [0.1, 0.15) is 0 Å². The van der Waals surface area contributed by atoms with E-state index in [-0.39, 0.29) is 24.0 Å². The van der Waals surface area contributed by atoms with Crippen LogP contribution in [0.1, 0.15) is 31.7 Å². The molecule has 3 unspecified atom stereocenters. The lowest BCUT2D eigenvalue weighted by atomic mass is 9.94. The van der Waals surface area contributed by atoms with Gasteiger partial charge >= 0.3 is 0 Å². The van der Waals surface area contributed by atoms with Gasteiger partial charge in [0, 0.05) is 23.6 Å². The van der Waals surface area contributed by atoms with E-state index < -0.39 is 0 Å².